The summed E-state index contributed by atoms with van der Waals surface area (Å²) in [5.41, 5.74) is -0.390. The minimum Gasteiger partial charge on any atom is -0.395 e. The third kappa shape index (κ3) is 2.05. The Morgan fingerprint density at radius 1 is 1.62 bits per heavy atom. The molecule has 1 rings (SSSR count). The predicted molar refractivity (Wildman–Crippen MR) is 51.1 cm³/mol. The van der Waals surface area contributed by atoms with Gasteiger partial charge in [-0.2, -0.15) is 0 Å². The molecule has 0 spiro atoms. The van der Waals surface area contributed by atoms with Crippen LogP contribution in [0, 0.1) is 10.1 Å². The van der Waals surface area contributed by atoms with Gasteiger partial charge in [-0.25, -0.2) is 0 Å². The van der Waals surface area contributed by atoms with Crippen molar-refractivity contribution in [2.24, 2.45) is 0 Å². The van der Waals surface area contributed by atoms with Gasteiger partial charge in [0.25, 0.3) is 0 Å². The molecule has 0 aromatic carbocycles. The largest absolute Gasteiger partial charge is 0.395 e. The van der Waals surface area contributed by atoms with Gasteiger partial charge in [0.05, 0.1) is 11.5 Å². The zero-order valence-electron chi connectivity index (χ0n) is 7.48. The van der Waals surface area contributed by atoms with Gasteiger partial charge in [-0.15, -0.1) is 0 Å². The van der Waals surface area contributed by atoms with Crippen molar-refractivity contribution >= 4 is 16.3 Å². The molecule has 1 aromatic heterocycles. The number of hydrogen-bond acceptors (Lipinski definition) is 4. The Hall–Kier alpha value is -0.940. The van der Waals surface area contributed by atoms with E-state index in [9.17, 15) is 10.1 Å². The minimum atomic E-state index is -0.415. The molecule has 0 atom stereocenters. The lowest BCUT2D eigenvalue weighted by Gasteiger charge is -2.18. The third-order valence-electron chi connectivity index (χ3n) is 1.83. The summed E-state index contributed by atoms with van der Waals surface area (Å²) >= 11 is 1.11. The Kier molecular flexibility index (Phi) is 2.68. The minimum absolute atomic E-state index is 0.00926. The lowest BCUT2D eigenvalue weighted by molar-refractivity contribution is -0.380. The maximum absolute atomic E-state index is 10.4. The van der Waals surface area contributed by atoms with Crippen molar-refractivity contribution in [3.8, 4) is 0 Å². The van der Waals surface area contributed by atoms with Crippen LogP contribution in [0.2, 0.25) is 0 Å². The Labute approximate surface area is 80.0 Å². The SMILES string of the molecule is CC(C)(CO)c1ccc([N+](=O)[O-])s1. The highest BCUT2D eigenvalue weighted by molar-refractivity contribution is 7.15. The smallest absolute Gasteiger partial charge is 0.324 e. The number of nitrogens with zero attached hydrogens (tertiary/aromatic N) is 1. The fourth-order valence-corrected chi connectivity index (χ4v) is 1.78. The van der Waals surface area contributed by atoms with Crippen LogP contribution in [0.3, 0.4) is 0 Å². The van der Waals surface area contributed by atoms with Crippen LogP contribution in [0.5, 0.6) is 0 Å². The Balaban J connectivity index is 2.98. The van der Waals surface area contributed by atoms with Crippen LogP contribution in [-0.4, -0.2) is 16.6 Å². The van der Waals surface area contributed by atoms with Crippen molar-refractivity contribution in [1.82, 2.24) is 0 Å². The van der Waals surface area contributed by atoms with Crippen LogP contribution < -0.4 is 0 Å². The van der Waals surface area contributed by atoms with Crippen molar-refractivity contribution in [2.75, 3.05) is 6.61 Å². The first kappa shape index (κ1) is 10.1. The molecule has 0 amide bonds. The molecule has 72 valence electrons. The van der Waals surface area contributed by atoms with E-state index in [4.69, 9.17) is 5.11 Å². The zero-order valence-corrected chi connectivity index (χ0v) is 8.30. The predicted octanol–water partition coefficient (Wildman–Crippen LogP) is 1.93. The van der Waals surface area contributed by atoms with Gasteiger partial charge in [-0.05, 0) is 6.07 Å². The van der Waals surface area contributed by atoms with Gasteiger partial charge in [0.2, 0.25) is 0 Å². The summed E-state index contributed by atoms with van der Waals surface area (Å²) in [7, 11) is 0. The molecule has 0 unspecified atom stereocenters. The van der Waals surface area contributed by atoms with Crippen LogP contribution >= 0.6 is 11.3 Å². The highest BCUT2D eigenvalue weighted by Gasteiger charge is 2.23. The van der Waals surface area contributed by atoms with E-state index in [0.29, 0.717) is 0 Å². The summed E-state index contributed by atoms with van der Waals surface area (Å²) in [4.78, 5) is 10.8. The molecule has 5 heteroatoms. The molecule has 0 radical (unpaired) electrons. The molecular weight excluding hydrogens is 190 g/mol. The maximum atomic E-state index is 10.4. The van der Waals surface area contributed by atoms with E-state index < -0.39 is 4.92 Å². The monoisotopic (exact) mass is 201 g/mol. The summed E-state index contributed by atoms with van der Waals surface area (Å²) in [5, 5.41) is 19.5. The molecule has 1 N–H and O–H groups in total. The van der Waals surface area contributed by atoms with E-state index in [2.05, 4.69) is 0 Å². The first-order valence-electron chi connectivity index (χ1n) is 3.83. The number of hydrogen-bond donors (Lipinski definition) is 1. The molecule has 0 bridgehead atoms. The lowest BCUT2D eigenvalue weighted by Crippen LogP contribution is -2.20. The van der Waals surface area contributed by atoms with Crippen LogP contribution in [-0.2, 0) is 5.41 Å². The Morgan fingerprint density at radius 3 is 2.62 bits per heavy atom. The standard InChI is InChI=1S/C8H11NO3S/c1-8(2,5-10)6-3-4-7(13-6)9(11)12/h3-4,10H,5H2,1-2H3. The second-order valence-corrected chi connectivity index (χ2v) is 4.50. The highest BCUT2D eigenvalue weighted by atomic mass is 32.1. The second kappa shape index (κ2) is 3.43. The summed E-state index contributed by atoms with van der Waals surface area (Å²) in [5.74, 6) is 0. The molecule has 0 aliphatic carbocycles. The van der Waals surface area contributed by atoms with Gasteiger partial charge in [-0.3, -0.25) is 10.1 Å². The molecular formula is C8H11NO3S. The van der Waals surface area contributed by atoms with Crippen LogP contribution in [0.1, 0.15) is 18.7 Å². The number of thiophene rings is 1. The number of aliphatic hydroxyl groups is 1. The van der Waals surface area contributed by atoms with Gasteiger partial charge in [0.1, 0.15) is 0 Å². The number of aliphatic hydroxyl groups excluding tert-OH is 1. The summed E-state index contributed by atoms with van der Waals surface area (Å²) in [6, 6.07) is 3.16. The second-order valence-electron chi connectivity index (χ2n) is 3.44. The number of rotatable bonds is 3. The molecule has 1 heterocycles. The van der Waals surface area contributed by atoms with Crippen LogP contribution in [0.25, 0.3) is 0 Å². The van der Waals surface area contributed by atoms with E-state index in [0.717, 1.165) is 16.2 Å². The Morgan fingerprint density at radius 2 is 2.23 bits per heavy atom. The van der Waals surface area contributed by atoms with Gasteiger partial charge in [0.15, 0.2) is 0 Å². The zero-order chi connectivity index (χ0) is 10.1. The molecule has 0 aliphatic rings. The summed E-state index contributed by atoms with van der Waals surface area (Å²) < 4.78 is 0. The van der Waals surface area contributed by atoms with E-state index in [-0.39, 0.29) is 17.0 Å². The summed E-state index contributed by atoms with van der Waals surface area (Å²) in [6.07, 6.45) is 0. The van der Waals surface area contributed by atoms with Crippen molar-refractivity contribution in [3.05, 3.63) is 27.1 Å². The normalized spacial score (nSPS) is 11.6. The molecule has 0 saturated carbocycles. The fourth-order valence-electron chi connectivity index (χ4n) is 0.867. The van der Waals surface area contributed by atoms with E-state index in [1.165, 1.54) is 6.07 Å². The van der Waals surface area contributed by atoms with Gasteiger partial charge in [-0.1, -0.05) is 25.2 Å². The fraction of sp³-hybridized carbons (Fsp3) is 0.500. The average molecular weight is 201 g/mol. The molecule has 1 aromatic rings. The molecule has 0 aliphatic heterocycles. The first-order chi connectivity index (χ1) is 5.97. The highest BCUT2D eigenvalue weighted by Crippen LogP contribution is 2.33. The quantitative estimate of drug-likeness (QED) is 0.600. The molecule has 13 heavy (non-hydrogen) atoms. The van der Waals surface area contributed by atoms with Crippen molar-refractivity contribution in [3.63, 3.8) is 0 Å². The van der Waals surface area contributed by atoms with Crippen LogP contribution in [0.4, 0.5) is 5.00 Å². The van der Waals surface area contributed by atoms with Crippen molar-refractivity contribution < 1.29 is 10.0 Å². The topological polar surface area (TPSA) is 63.4 Å². The third-order valence-corrected chi connectivity index (χ3v) is 3.24. The van der Waals surface area contributed by atoms with E-state index in [1.54, 1.807) is 6.07 Å². The maximum Gasteiger partial charge on any atom is 0.324 e. The van der Waals surface area contributed by atoms with Crippen LogP contribution in [0.15, 0.2) is 12.1 Å². The van der Waals surface area contributed by atoms with Gasteiger partial charge in [0, 0.05) is 16.4 Å². The van der Waals surface area contributed by atoms with E-state index >= 15 is 0 Å². The molecule has 4 nitrogen and oxygen atoms in total. The molecule has 0 saturated heterocycles. The number of nitro groups is 1. The van der Waals surface area contributed by atoms with E-state index in [1.807, 2.05) is 13.8 Å². The Bertz CT molecular complexity index is 319. The first-order valence-corrected chi connectivity index (χ1v) is 4.64. The average Bonchev–Trinajstić information content (AvgIpc) is 2.52. The van der Waals surface area contributed by atoms with Crippen molar-refractivity contribution in [1.29, 1.82) is 0 Å². The lowest BCUT2D eigenvalue weighted by atomic mass is 9.93. The summed E-state index contributed by atoms with van der Waals surface area (Å²) in [6.45, 7) is 3.69. The van der Waals surface area contributed by atoms with Gasteiger partial charge < -0.3 is 5.11 Å². The molecule has 0 fully saturated rings. The van der Waals surface area contributed by atoms with Crippen molar-refractivity contribution in [2.45, 2.75) is 19.3 Å². The van der Waals surface area contributed by atoms with Gasteiger partial charge >= 0.3 is 5.00 Å².